The molecular formula is C20H24FNO2. The first-order valence-electron chi connectivity index (χ1n) is 8.29. The van der Waals surface area contributed by atoms with Crippen molar-refractivity contribution in [2.24, 2.45) is 0 Å². The van der Waals surface area contributed by atoms with Crippen molar-refractivity contribution in [3.8, 4) is 5.75 Å². The van der Waals surface area contributed by atoms with E-state index in [9.17, 15) is 9.18 Å². The smallest absolute Gasteiger partial charge is 0.222 e. The van der Waals surface area contributed by atoms with Crippen LogP contribution in [0.4, 0.5) is 4.39 Å². The summed E-state index contributed by atoms with van der Waals surface area (Å²) in [5.41, 5.74) is 2.46. The molecule has 2 aromatic rings. The largest absolute Gasteiger partial charge is 0.489 e. The Labute approximate surface area is 143 Å². The van der Waals surface area contributed by atoms with E-state index in [-0.39, 0.29) is 24.1 Å². The van der Waals surface area contributed by atoms with Crippen LogP contribution in [0.5, 0.6) is 5.75 Å². The summed E-state index contributed by atoms with van der Waals surface area (Å²) in [6, 6.07) is 14.6. The summed E-state index contributed by atoms with van der Waals surface area (Å²) < 4.78 is 18.8. The lowest BCUT2D eigenvalue weighted by molar-refractivity contribution is -0.130. The Hall–Kier alpha value is -2.36. The van der Waals surface area contributed by atoms with Crippen molar-refractivity contribution in [3.63, 3.8) is 0 Å². The number of benzene rings is 2. The van der Waals surface area contributed by atoms with E-state index >= 15 is 0 Å². The van der Waals surface area contributed by atoms with Crippen LogP contribution in [-0.4, -0.2) is 31.0 Å². The minimum Gasteiger partial charge on any atom is -0.489 e. The van der Waals surface area contributed by atoms with Gasteiger partial charge in [0.15, 0.2) is 11.6 Å². The molecule has 1 amide bonds. The first-order chi connectivity index (χ1) is 11.6. The number of hydrogen-bond acceptors (Lipinski definition) is 2. The van der Waals surface area contributed by atoms with Crippen LogP contribution in [0.15, 0.2) is 48.5 Å². The molecule has 4 heteroatoms. The first-order valence-corrected chi connectivity index (χ1v) is 8.29. The number of carbonyl (C=O) groups is 1. The lowest BCUT2D eigenvalue weighted by atomic mass is 10.1. The monoisotopic (exact) mass is 329 g/mol. The molecule has 0 bridgehead atoms. The SMILES string of the molecule is CCc1ccc(CCC(=O)N(C)CCOc2ccccc2F)cc1. The van der Waals surface area contributed by atoms with E-state index in [1.807, 2.05) is 0 Å². The molecule has 0 saturated heterocycles. The number of likely N-dealkylation sites (N-methyl/N-ethyl adjacent to an activating group) is 1. The highest BCUT2D eigenvalue weighted by molar-refractivity contribution is 5.76. The Morgan fingerprint density at radius 3 is 2.42 bits per heavy atom. The number of nitrogens with zero attached hydrogens (tertiary/aromatic N) is 1. The lowest BCUT2D eigenvalue weighted by Gasteiger charge is -2.17. The van der Waals surface area contributed by atoms with Gasteiger partial charge in [0.25, 0.3) is 0 Å². The molecule has 128 valence electrons. The van der Waals surface area contributed by atoms with Gasteiger partial charge >= 0.3 is 0 Å². The van der Waals surface area contributed by atoms with Crippen molar-refractivity contribution < 1.29 is 13.9 Å². The van der Waals surface area contributed by atoms with Gasteiger partial charge in [-0.3, -0.25) is 4.79 Å². The number of ether oxygens (including phenoxy) is 1. The average Bonchev–Trinajstić information content (AvgIpc) is 2.61. The molecule has 0 aromatic heterocycles. The van der Waals surface area contributed by atoms with Crippen LogP contribution in [0.25, 0.3) is 0 Å². The highest BCUT2D eigenvalue weighted by Crippen LogP contribution is 2.15. The molecule has 2 rings (SSSR count). The van der Waals surface area contributed by atoms with Crippen LogP contribution in [0.3, 0.4) is 0 Å². The third kappa shape index (κ3) is 5.37. The predicted molar refractivity (Wildman–Crippen MR) is 93.7 cm³/mol. The average molecular weight is 329 g/mol. The summed E-state index contributed by atoms with van der Waals surface area (Å²) in [5, 5.41) is 0. The molecule has 3 nitrogen and oxygen atoms in total. The second-order valence-corrected chi connectivity index (χ2v) is 5.76. The van der Waals surface area contributed by atoms with Gasteiger partial charge in [0, 0.05) is 13.5 Å². The van der Waals surface area contributed by atoms with Crippen molar-refractivity contribution in [1.29, 1.82) is 0 Å². The molecule has 0 aliphatic carbocycles. The fraction of sp³-hybridized carbons (Fsp3) is 0.350. The molecule has 24 heavy (non-hydrogen) atoms. The Morgan fingerprint density at radius 1 is 1.08 bits per heavy atom. The van der Waals surface area contributed by atoms with E-state index in [1.165, 1.54) is 11.6 Å². The quantitative estimate of drug-likeness (QED) is 0.736. The van der Waals surface area contributed by atoms with Gasteiger partial charge in [-0.05, 0) is 36.1 Å². The number of amides is 1. The van der Waals surface area contributed by atoms with Crippen LogP contribution in [0.1, 0.15) is 24.5 Å². The molecule has 0 unspecified atom stereocenters. The minimum atomic E-state index is -0.387. The van der Waals surface area contributed by atoms with E-state index in [1.54, 1.807) is 30.1 Å². The second kappa shape index (κ2) is 9.06. The maximum Gasteiger partial charge on any atom is 0.222 e. The minimum absolute atomic E-state index is 0.0618. The van der Waals surface area contributed by atoms with Gasteiger partial charge in [0.2, 0.25) is 5.91 Å². The molecule has 0 aliphatic rings. The van der Waals surface area contributed by atoms with Gasteiger partial charge in [0.05, 0.1) is 6.54 Å². The van der Waals surface area contributed by atoms with Crippen molar-refractivity contribution in [2.45, 2.75) is 26.2 Å². The third-order valence-corrected chi connectivity index (χ3v) is 4.01. The zero-order valence-electron chi connectivity index (χ0n) is 14.3. The highest BCUT2D eigenvalue weighted by atomic mass is 19.1. The normalized spacial score (nSPS) is 10.5. The van der Waals surface area contributed by atoms with Gasteiger partial charge in [-0.1, -0.05) is 43.3 Å². The van der Waals surface area contributed by atoms with Crippen LogP contribution in [-0.2, 0) is 17.6 Å². The molecule has 0 atom stereocenters. The van der Waals surface area contributed by atoms with Gasteiger partial charge in [0.1, 0.15) is 6.61 Å². The molecular weight excluding hydrogens is 305 g/mol. The number of para-hydroxylation sites is 1. The van der Waals surface area contributed by atoms with Crippen molar-refractivity contribution in [2.75, 3.05) is 20.2 Å². The van der Waals surface area contributed by atoms with Gasteiger partial charge in [-0.15, -0.1) is 0 Å². The first kappa shape index (κ1) is 18.0. The van der Waals surface area contributed by atoms with E-state index in [4.69, 9.17) is 4.74 Å². The van der Waals surface area contributed by atoms with Crippen LogP contribution < -0.4 is 4.74 Å². The van der Waals surface area contributed by atoms with Gasteiger partial charge < -0.3 is 9.64 Å². The van der Waals surface area contributed by atoms with Gasteiger partial charge in [-0.2, -0.15) is 0 Å². The Kier molecular flexibility index (Phi) is 6.79. The molecule has 0 fully saturated rings. The molecule has 0 spiro atoms. The maximum atomic E-state index is 13.4. The number of hydrogen-bond donors (Lipinski definition) is 0. The van der Waals surface area contributed by atoms with E-state index in [0.29, 0.717) is 13.0 Å². The highest BCUT2D eigenvalue weighted by Gasteiger charge is 2.09. The second-order valence-electron chi connectivity index (χ2n) is 5.76. The Morgan fingerprint density at radius 2 is 1.75 bits per heavy atom. The summed E-state index contributed by atoms with van der Waals surface area (Å²) in [7, 11) is 1.74. The molecule has 0 radical (unpaired) electrons. The van der Waals surface area contributed by atoms with Crippen molar-refractivity contribution >= 4 is 5.91 Å². The van der Waals surface area contributed by atoms with Gasteiger partial charge in [-0.25, -0.2) is 4.39 Å². The van der Waals surface area contributed by atoms with Crippen LogP contribution >= 0.6 is 0 Å². The Bertz CT molecular complexity index is 655. The topological polar surface area (TPSA) is 29.5 Å². The standard InChI is InChI=1S/C20H24FNO2/c1-3-16-8-10-17(11-9-16)12-13-20(23)22(2)14-15-24-19-7-5-4-6-18(19)21/h4-11H,3,12-15H2,1-2H3. The number of halogens is 1. The molecule has 2 aromatic carbocycles. The summed E-state index contributed by atoms with van der Waals surface area (Å²) in [6.07, 6.45) is 2.20. The fourth-order valence-corrected chi connectivity index (χ4v) is 2.36. The van der Waals surface area contributed by atoms with Crippen LogP contribution in [0, 0.1) is 5.82 Å². The molecule has 0 aliphatic heterocycles. The molecule has 0 heterocycles. The number of carbonyl (C=O) groups excluding carboxylic acids is 1. The number of rotatable bonds is 8. The van der Waals surface area contributed by atoms with E-state index in [0.717, 1.165) is 18.4 Å². The third-order valence-electron chi connectivity index (χ3n) is 4.01. The zero-order valence-corrected chi connectivity index (χ0v) is 14.3. The summed E-state index contributed by atoms with van der Waals surface area (Å²) in [4.78, 5) is 13.8. The summed E-state index contributed by atoms with van der Waals surface area (Å²) >= 11 is 0. The summed E-state index contributed by atoms with van der Waals surface area (Å²) in [5.74, 6) is -0.108. The predicted octanol–water partition coefficient (Wildman–Crippen LogP) is 3.86. The fourth-order valence-electron chi connectivity index (χ4n) is 2.36. The van der Waals surface area contributed by atoms with Crippen molar-refractivity contribution in [3.05, 3.63) is 65.5 Å². The van der Waals surface area contributed by atoms with Crippen LogP contribution in [0.2, 0.25) is 0 Å². The Balaban J connectivity index is 1.72. The molecule has 0 saturated carbocycles. The maximum absolute atomic E-state index is 13.4. The number of aryl methyl sites for hydroxylation is 2. The van der Waals surface area contributed by atoms with Crippen molar-refractivity contribution in [1.82, 2.24) is 4.90 Å². The van der Waals surface area contributed by atoms with E-state index in [2.05, 4.69) is 31.2 Å². The summed E-state index contributed by atoms with van der Waals surface area (Å²) in [6.45, 7) is 2.83. The molecule has 0 N–H and O–H groups in total. The van der Waals surface area contributed by atoms with E-state index < -0.39 is 0 Å². The zero-order chi connectivity index (χ0) is 17.4. The lowest BCUT2D eigenvalue weighted by Crippen LogP contribution is -2.31.